The molecule has 0 N–H and O–H groups in total. The number of fused-ring (bicyclic) bond motifs is 5. The van der Waals surface area contributed by atoms with Gasteiger partial charge in [0.1, 0.15) is 24.6 Å². The molecule has 0 unspecified atom stereocenters. The summed E-state index contributed by atoms with van der Waals surface area (Å²) in [5, 5.41) is 0. The number of ether oxygens (including phenoxy) is 4. The zero-order valence-corrected chi connectivity index (χ0v) is 26.4. The number of carbonyl (C=O) groups is 2. The quantitative estimate of drug-likeness (QED) is 0.275. The van der Waals surface area contributed by atoms with E-state index in [0.717, 1.165) is 89.1 Å². The fourth-order valence-electron chi connectivity index (χ4n) is 9.34. The van der Waals surface area contributed by atoms with Crippen molar-refractivity contribution in [1.29, 1.82) is 0 Å². The van der Waals surface area contributed by atoms with Crippen LogP contribution in [0.1, 0.15) is 78.2 Å². The van der Waals surface area contributed by atoms with E-state index >= 15 is 0 Å². The van der Waals surface area contributed by atoms with E-state index in [1.54, 1.807) is 6.92 Å². The number of hydrogen-bond donors (Lipinski definition) is 0. The van der Waals surface area contributed by atoms with Gasteiger partial charge in [0.2, 0.25) is 0 Å². The van der Waals surface area contributed by atoms with Gasteiger partial charge in [0.15, 0.2) is 0 Å². The molecule has 0 spiro atoms. The van der Waals surface area contributed by atoms with Crippen LogP contribution in [0.5, 0.6) is 5.75 Å². The lowest BCUT2D eigenvalue weighted by Gasteiger charge is -2.57. The lowest BCUT2D eigenvalue weighted by Crippen LogP contribution is -2.51. The topological polar surface area (TPSA) is 74.3 Å². The molecule has 1 aliphatic heterocycles. The molecule has 43 heavy (non-hydrogen) atoms. The molecule has 7 heteroatoms. The van der Waals surface area contributed by atoms with Crippen molar-refractivity contribution in [2.75, 3.05) is 39.5 Å². The zero-order chi connectivity index (χ0) is 30.2. The number of morpholine rings is 1. The van der Waals surface area contributed by atoms with Crippen LogP contribution in [0.25, 0.3) is 6.08 Å². The van der Waals surface area contributed by atoms with Gasteiger partial charge in [-0.15, -0.1) is 0 Å². The van der Waals surface area contributed by atoms with Gasteiger partial charge < -0.3 is 18.9 Å². The molecule has 7 atom stereocenters. The second kappa shape index (κ2) is 12.4. The Kier molecular flexibility index (Phi) is 8.76. The molecular weight excluding hydrogens is 542 g/mol. The van der Waals surface area contributed by atoms with E-state index < -0.39 is 0 Å². The predicted octanol–water partition coefficient (Wildman–Crippen LogP) is 6.22. The fourth-order valence-corrected chi connectivity index (χ4v) is 9.34. The lowest BCUT2D eigenvalue weighted by atomic mass is 9.48. The molecule has 0 amide bonds. The van der Waals surface area contributed by atoms with Gasteiger partial charge in [-0.2, -0.15) is 0 Å². The van der Waals surface area contributed by atoms with Crippen LogP contribution in [-0.4, -0.2) is 68.5 Å². The number of hydrogen-bond acceptors (Lipinski definition) is 7. The maximum Gasteiger partial charge on any atom is 0.303 e. The standard InChI is InChI=1S/C36H49NO6/c1-24(38)42-30-10-12-35(3)28(23-30)8-9-31-32(35)11-13-36(4)33(31)22-27(34(36)43-25(2)39)20-26-6-5-7-29(21-26)41-19-16-37-14-17-40-18-15-37/h5-8,20-21,30-34H,9-19,22-23H2,1-4H3/b27-20+/t30-,31+,32-,33-,34-,35-,36-/m0/s1. The van der Waals surface area contributed by atoms with Gasteiger partial charge in [0.25, 0.3) is 0 Å². The Morgan fingerprint density at radius 3 is 2.58 bits per heavy atom. The summed E-state index contributed by atoms with van der Waals surface area (Å²) in [6, 6.07) is 8.31. The van der Waals surface area contributed by atoms with Gasteiger partial charge >= 0.3 is 11.9 Å². The average molecular weight is 592 g/mol. The molecule has 4 fully saturated rings. The summed E-state index contributed by atoms with van der Waals surface area (Å²) >= 11 is 0. The van der Waals surface area contributed by atoms with Gasteiger partial charge in [0.05, 0.1) is 13.2 Å². The highest BCUT2D eigenvalue weighted by atomic mass is 16.5. The van der Waals surface area contributed by atoms with Crippen molar-refractivity contribution in [1.82, 2.24) is 4.90 Å². The SMILES string of the molecule is CC(=O)O[C@H]1CC[C@@]2(C)C(=CC[C@H]3[C@@H]4C/C(=C\c5cccc(OCCN6CCOCC6)c5)[C@H](OC(C)=O)[C@@]4(C)CC[C@@H]32)C1. The van der Waals surface area contributed by atoms with Crippen LogP contribution in [0.15, 0.2) is 41.5 Å². The first kappa shape index (κ1) is 30.4. The van der Waals surface area contributed by atoms with Gasteiger partial charge in [-0.05, 0) is 85.0 Å². The van der Waals surface area contributed by atoms with Crippen molar-refractivity contribution in [3.8, 4) is 5.75 Å². The Bertz CT molecular complexity index is 1270. The number of allylic oxidation sites excluding steroid dienone is 1. The summed E-state index contributed by atoms with van der Waals surface area (Å²) in [5.41, 5.74) is 3.88. The Balaban J connectivity index is 1.21. The van der Waals surface area contributed by atoms with Gasteiger partial charge in [-0.3, -0.25) is 14.5 Å². The first-order valence-corrected chi connectivity index (χ1v) is 16.4. The summed E-state index contributed by atoms with van der Waals surface area (Å²) in [7, 11) is 0. The number of carbonyl (C=O) groups excluding carboxylic acids is 2. The lowest BCUT2D eigenvalue weighted by molar-refractivity contribution is -0.154. The van der Waals surface area contributed by atoms with Crippen LogP contribution in [0, 0.1) is 28.6 Å². The Labute approximate surface area is 257 Å². The maximum atomic E-state index is 12.4. The van der Waals surface area contributed by atoms with Crippen molar-refractivity contribution in [3.05, 3.63) is 47.1 Å². The van der Waals surface area contributed by atoms with Crippen LogP contribution < -0.4 is 4.74 Å². The summed E-state index contributed by atoms with van der Waals surface area (Å²) in [5.74, 6) is 2.09. The summed E-state index contributed by atoms with van der Waals surface area (Å²) in [6.45, 7) is 12.9. The van der Waals surface area contributed by atoms with Crippen LogP contribution in [0.2, 0.25) is 0 Å². The second-order valence-corrected chi connectivity index (χ2v) is 14.1. The smallest absolute Gasteiger partial charge is 0.303 e. The molecule has 1 aromatic rings. The summed E-state index contributed by atoms with van der Waals surface area (Å²) in [4.78, 5) is 26.4. The Morgan fingerprint density at radius 1 is 1.02 bits per heavy atom. The van der Waals surface area contributed by atoms with Crippen molar-refractivity contribution < 1.29 is 28.5 Å². The van der Waals surface area contributed by atoms with Crippen LogP contribution in [-0.2, 0) is 23.8 Å². The van der Waals surface area contributed by atoms with Gasteiger partial charge in [-0.1, -0.05) is 43.7 Å². The number of nitrogens with zero attached hydrogens (tertiary/aromatic N) is 1. The second-order valence-electron chi connectivity index (χ2n) is 14.1. The third kappa shape index (κ3) is 6.17. The van der Waals surface area contributed by atoms with E-state index in [0.29, 0.717) is 24.4 Å². The molecule has 6 rings (SSSR count). The van der Waals surface area contributed by atoms with Crippen molar-refractivity contribution in [2.45, 2.75) is 84.8 Å². The summed E-state index contributed by atoms with van der Waals surface area (Å²) in [6.07, 6.45) is 11.6. The first-order valence-electron chi connectivity index (χ1n) is 16.4. The fraction of sp³-hybridized carbons (Fsp3) is 0.667. The molecular formula is C36H49NO6. The molecule has 0 radical (unpaired) electrons. The molecule has 1 saturated heterocycles. The summed E-state index contributed by atoms with van der Waals surface area (Å²) < 4.78 is 23.4. The number of benzene rings is 1. The largest absolute Gasteiger partial charge is 0.492 e. The van der Waals surface area contributed by atoms with Gasteiger partial charge in [-0.25, -0.2) is 0 Å². The Morgan fingerprint density at radius 2 is 1.81 bits per heavy atom. The highest BCUT2D eigenvalue weighted by Crippen LogP contribution is 2.66. The number of rotatable bonds is 7. The zero-order valence-electron chi connectivity index (χ0n) is 26.4. The molecule has 1 aromatic carbocycles. The van der Waals surface area contributed by atoms with E-state index in [4.69, 9.17) is 18.9 Å². The minimum Gasteiger partial charge on any atom is -0.492 e. The van der Waals surface area contributed by atoms with E-state index in [9.17, 15) is 9.59 Å². The van der Waals surface area contributed by atoms with Gasteiger partial charge in [0, 0.05) is 45.3 Å². The first-order chi connectivity index (χ1) is 20.7. The Hall–Kier alpha value is -2.64. The highest BCUT2D eigenvalue weighted by Gasteiger charge is 2.61. The van der Waals surface area contributed by atoms with Crippen LogP contribution >= 0.6 is 0 Å². The van der Waals surface area contributed by atoms with Crippen LogP contribution in [0.4, 0.5) is 0 Å². The number of esters is 2. The normalized spacial score (nSPS) is 36.6. The van der Waals surface area contributed by atoms with E-state index in [1.165, 1.54) is 18.1 Å². The monoisotopic (exact) mass is 591 g/mol. The third-order valence-electron chi connectivity index (χ3n) is 11.5. The van der Waals surface area contributed by atoms with E-state index in [1.807, 2.05) is 6.07 Å². The molecule has 5 aliphatic rings. The molecule has 0 bridgehead atoms. The van der Waals surface area contributed by atoms with E-state index in [2.05, 4.69) is 49.1 Å². The molecule has 1 heterocycles. The highest BCUT2D eigenvalue weighted by molar-refractivity contribution is 5.68. The molecule has 3 saturated carbocycles. The predicted molar refractivity (Wildman–Crippen MR) is 165 cm³/mol. The minimum atomic E-state index is -0.209. The third-order valence-corrected chi connectivity index (χ3v) is 11.5. The molecule has 7 nitrogen and oxygen atoms in total. The minimum absolute atomic E-state index is 0.00991. The van der Waals surface area contributed by atoms with Crippen molar-refractivity contribution in [3.63, 3.8) is 0 Å². The van der Waals surface area contributed by atoms with Crippen LogP contribution in [0.3, 0.4) is 0 Å². The molecule has 0 aromatic heterocycles. The van der Waals surface area contributed by atoms with E-state index in [-0.39, 0.29) is 35.0 Å². The van der Waals surface area contributed by atoms with Crippen molar-refractivity contribution >= 4 is 18.0 Å². The molecule has 234 valence electrons. The van der Waals surface area contributed by atoms with Crippen molar-refractivity contribution in [2.24, 2.45) is 28.6 Å². The maximum absolute atomic E-state index is 12.4. The average Bonchev–Trinajstić information content (AvgIpc) is 3.24. The molecule has 4 aliphatic carbocycles.